The van der Waals surface area contributed by atoms with Crippen LogP contribution >= 0.6 is 0 Å². The number of hydrogen-bond acceptors (Lipinski definition) is 4. The van der Waals surface area contributed by atoms with Crippen molar-refractivity contribution >= 4 is 17.3 Å². The molecule has 1 aromatic carbocycles. The summed E-state index contributed by atoms with van der Waals surface area (Å²) in [6, 6.07) is 6.94. The van der Waals surface area contributed by atoms with Crippen LogP contribution in [0.4, 0.5) is 11.4 Å². The number of para-hydroxylation sites is 1. The van der Waals surface area contributed by atoms with Gasteiger partial charge in [0.05, 0.1) is 28.9 Å². The molecule has 5 nitrogen and oxygen atoms in total. The van der Waals surface area contributed by atoms with Gasteiger partial charge in [0.1, 0.15) is 0 Å². The maximum atomic E-state index is 11.2. The number of aromatic carboxylic acids is 1. The van der Waals surface area contributed by atoms with Crippen LogP contribution < -0.4 is 10.6 Å². The topological polar surface area (TPSA) is 90.4 Å². The minimum absolute atomic E-state index is 0.169. The largest absolute Gasteiger partial charge is 0.478 e. The molecule has 0 aliphatic rings. The van der Waals surface area contributed by atoms with Gasteiger partial charge in [-0.25, -0.2) is 4.79 Å². The number of anilines is 2. The number of carboxylic acid groups (broad SMARTS) is 1. The molecule has 0 aliphatic heterocycles. The number of nitrogen functional groups attached to an aromatic ring is 1. The van der Waals surface area contributed by atoms with Gasteiger partial charge in [0, 0.05) is 13.1 Å². The maximum absolute atomic E-state index is 11.2. The van der Waals surface area contributed by atoms with E-state index in [-0.39, 0.29) is 11.5 Å². The second-order valence-corrected chi connectivity index (χ2v) is 4.12. The Bertz CT molecular complexity index is 480. The van der Waals surface area contributed by atoms with E-state index >= 15 is 0 Å². The number of carboxylic acids is 1. The van der Waals surface area contributed by atoms with E-state index in [9.17, 15) is 9.90 Å². The van der Waals surface area contributed by atoms with Crippen LogP contribution in [-0.2, 0) is 0 Å². The zero-order valence-electron chi connectivity index (χ0n) is 10.6. The summed E-state index contributed by atoms with van der Waals surface area (Å²) in [4.78, 5) is 13.0. The van der Waals surface area contributed by atoms with Crippen LogP contribution in [0.15, 0.2) is 18.2 Å². The van der Waals surface area contributed by atoms with Crippen LogP contribution in [0, 0.1) is 17.2 Å². The number of nitrogens with two attached hydrogens (primary N) is 1. The second kappa shape index (κ2) is 5.92. The molecule has 96 valence electrons. The molecule has 1 atom stereocenters. The zero-order chi connectivity index (χ0) is 13.7. The molecular formula is C13H17N3O2. The molecule has 0 heterocycles. The van der Waals surface area contributed by atoms with Crippen molar-refractivity contribution in [3.8, 4) is 6.07 Å². The van der Waals surface area contributed by atoms with Crippen molar-refractivity contribution in [3.05, 3.63) is 23.8 Å². The van der Waals surface area contributed by atoms with Crippen molar-refractivity contribution in [2.75, 3.05) is 23.7 Å². The van der Waals surface area contributed by atoms with E-state index in [1.807, 2.05) is 11.8 Å². The lowest BCUT2D eigenvalue weighted by Crippen LogP contribution is -2.30. The Hall–Kier alpha value is -2.22. The summed E-state index contributed by atoms with van der Waals surface area (Å²) in [5.74, 6) is -1.20. The second-order valence-electron chi connectivity index (χ2n) is 4.12. The first-order valence-corrected chi connectivity index (χ1v) is 5.77. The van der Waals surface area contributed by atoms with Crippen LogP contribution in [0.1, 0.15) is 24.2 Å². The van der Waals surface area contributed by atoms with Gasteiger partial charge in [-0.05, 0) is 26.0 Å². The van der Waals surface area contributed by atoms with Gasteiger partial charge >= 0.3 is 5.97 Å². The third-order valence-electron chi connectivity index (χ3n) is 2.71. The first-order chi connectivity index (χ1) is 8.51. The van der Waals surface area contributed by atoms with Crippen LogP contribution in [0.25, 0.3) is 0 Å². The van der Waals surface area contributed by atoms with Crippen molar-refractivity contribution < 1.29 is 9.90 Å². The highest BCUT2D eigenvalue weighted by molar-refractivity contribution is 5.98. The molecular weight excluding hydrogens is 230 g/mol. The number of nitrogens with zero attached hydrogens (tertiary/aromatic N) is 2. The summed E-state index contributed by atoms with van der Waals surface area (Å²) in [6.07, 6.45) is 0. The summed E-state index contributed by atoms with van der Waals surface area (Å²) in [7, 11) is 0. The Morgan fingerprint density at radius 3 is 2.78 bits per heavy atom. The van der Waals surface area contributed by atoms with Crippen molar-refractivity contribution in [1.29, 1.82) is 5.26 Å². The minimum atomic E-state index is -1.01. The van der Waals surface area contributed by atoms with Crippen molar-refractivity contribution in [2.24, 2.45) is 5.92 Å². The van der Waals surface area contributed by atoms with Gasteiger partial charge in [-0.15, -0.1) is 0 Å². The average molecular weight is 247 g/mol. The average Bonchev–Trinajstić information content (AvgIpc) is 2.35. The van der Waals surface area contributed by atoms with Crippen molar-refractivity contribution in [3.63, 3.8) is 0 Å². The third kappa shape index (κ3) is 2.92. The normalized spacial score (nSPS) is 11.6. The van der Waals surface area contributed by atoms with E-state index in [0.29, 0.717) is 24.5 Å². The number of benzene rings is 1. The molecule has 0 aliphatic carbocycles. The Morgan fingerprint density at radius 2 is 2.28 bits per heavy atom. The SMILES string of the molecule is CCN(CC(C)C#N)c1c(N)cccc1C(=O)O. The smallest absolute Gasteiger partial charge is 0.337 e. The van der Waals surface area contributed by atoms with Crippen LogP contribution in [0.5, 0.6) is 0 Å². The van der Waals surface area contributed by atoms with Gasteiger partial charge in [-0.3, -0.25) is 0 Å². The van der Waals surface area contributed by atoms with Crippen LogP contribution in [-0.4, -0.2) is 24.2 Å². The highest BCUT2D eigenvalue weighted by Crippen LogP contribution is 2.28. The van der Waals surface area contributed by atoms with Crippen molar-refractivity contribution in [2.45, 2.75) is 13.8 Å². The fourth-order valence-electron chi connectivity index (χ4n) is 1.84. The molecule has 18 heavy (non-hydrogen) atoms. The molecule has 0 saturated carbocycles. The lowest BCUT2D eigenvalue weighted by molar-refractivity contribution is 0.0697. The van der Waals surface area contributed by atoms with E-state index in [1.165, 1.54) is 6.07 Å². The number of nitriles is 1. The fraction of sp³-hybridized carbons (Fsp3) is 0.385. The Labute approximate surface area is 106 Å². The standard InChI is InChI=1S/C13H17N3O2/c1-3-16(8-9(2)7-14)12-10(13(17)18)5-4-6-11(12)15/h4-6,9H,3,8,15H2,1-2H3,(H,17,18). The van der Waals surface area contributed by atoms with Crippen molar-refractivity contribution in [1.82, 2.24) is 0 Å². The molecule has 1 aromatic rings. The first-order valence-electron chi connectivity index (χ1n) is 5.77. The summed E-state index contributed by atoms with van der Waals surface area (Å²) in [5.41, 5.74) is 6.95. The summed E-state index contributed by atoms with van der Waals surface area (Å²) >= 11 is 0. The molecule has 1 unspecified atom stereocenters. The number of carbonyl (C=O) groups is 1. The van der Waals surface area contributed by atoms with Gasteiger partial charge in [-0.2, -0.15) is 5.26 Å². The Morgan fingerprint density at radius 1 is 1.61 bits per heavy atom. The van der Waals surface area contributed by atoms with Gasteiger partial charge in [0.25, 0.3) is 0 Å². The predicted molar refractivity (Wildman–Crippen MR) is 70.5 cm³/mol. The number of rotatable bonds is 5. The fourth-order valence-corrected chi connectivity index (χ4v) is 1.84. The maximum Gasteiger partial charge on any atom is 0.337 e. The highest BCUT2D eigenvalue weighted by atomic mass is 16.4. The molecule has 5 heteroatoms. The third-order valence-corrected chi connectivity index (χ3v) is 2.71. The number of hydrogen-bond donors (Lipinski definition) is 2. The van der Waals surface area contributed by atoms with Gasteiger partial charge < -0.3 is 15.7 Å². The first kappa shape index (κ1) is 13.8. The molecule has 0 amide bonds. The minimum Gasteiger partial charge on any atom is -0.478 e. The van der Waals surface area contributed by atoms with E-state index in [4.69, 9.17) is 11.0 Å². The molecule has 3 N–H and O–H groups in total. The molecule has 0 saturated heterocycles. The lowest BCUT2D eigenvalue weighted by atomic mass is 10.1. The van der Waals surface area contributed by atoms with Gasteiger partial charge in [-0.1, -0.05) is 6.07 Å². The molecule has 0 spiro atoms. The van der Waals surface area contributed by atoms with Crippen LogP contribution in [0.2, 0.25) is 0 Å². The van der Waals surface area contributed by atoms with E-state index < -0.39 is 5.97 Å². The molecule has 0 aromatic heterocycles. The highest BCUT2D eigenvalue weighted by Gasteiger charge is 2.19. The summed E-state index contributed by atoms with van der Waals surface area (Å²) in [5, 5.41) is 18.0. The summed E-state index contributed by atoms with van der Waals surface area (Å²) in [6.45, 7) is 4.76. The molecule has 1 rings (SSSR count). The monoisotopic (exact) mass is 247 g/mol. The molecule has 0 radical (unpaired) electrons. The Balaban J connectivity index is 3.20. The quantitative estimate of drug-likeness (QED) is 0.776. The van der Waals surface area contributed by atoms with E-state index in [1.54, 1.807) is 19.1 Å². The van der Waals surface area contributed by atoms with Gasteiger partial charge in [0.15, 0.2) is 0 Å². The summed E-state index contributed by atoms with van der Waals surface area (Å²) < 4.78 is 0. The van der Waals surface area contributed by atoms with E-state index in [2.05, 4.69) is 6.07 Å². The van der Waals surface area contributed by atoms with Crippen LogP contribution in [0.3, 0.4) is 0 Å². The predicted octanol–water partition coefficient (Wildman–Crippen LogP) is 1.95. The zero-order valence-corrected chi connectivity index (χ0v) is 10.6. The molecule has 0 fully saturated rings. The van der Waals surface area contributed by atoms with E-state index in [0.717, 1.165) is 0 Å². The van der Waals surface area contributed by atoms with Gasteiger partial charge in [0.2, 0.25) is 0 Å². The Kier molecular flexibility index (Phi) is 4.55. The molecule has 0 bridgehead atoms. The lowest BCUT2D eigenvalue weighted by Gasteiger charge is -2.27.